The predicted molar refractivity (Wildman–Crippen MR) is 59.3 cm³/mol. The molecule has 0 N–H and O–H groups in total. The standard InChI is InChI=1S/C11H9F7O3S/c1-10(2,3)21-22(19,20)9-7(14)5(12)4(11(16,17)18)6(13)8(9)15/h1-3H3. The van der Waals surface area contributed by atoms with Gasteiger partial charge in [-0.1, -0.05) is 0 Å². The van der Waals surface area contributed by atoms with Gasteiger partial charge >= 0.3 is 16.3 Å². The van der Waals surface area contributed by atoms with Gasteiger partial charge in [0.2, 0.25) is 0 Å². The minimum atomic E-state index is -5.76. The number of rotatable bonds is 2. The van der Waals surface area contributed by atoms with Gasteiger partial charge in [-0.3, -0.25) is 4.18 Å². The monoisotopic (exact) mass is 354 g/mol. The first-order valence-corrected chi connectivity index (χ1v) is 6.89. The third-order valence-electron chi connectivity index (χ3n) is 2.12. The Morgan fingerprint density at radius 3 is 1.45 bits per heavy atom. The summed E-state index contributed by atoms with van der Waals surface area (Å²) < 4.78 is 118. The van der Waals surface area contributed by atoms with Crippen LogP contribution in [0.1, 0.15) is 26.3 Å². The van der Waals surface area contributed by atoms with Crippen molar-refractivity contribution in [2.24, 2.45) is 0 Å². The van der Waals surface area contributed by atoms with Crippen LogP contribution in [0.2, 0.25) is 0 Å². The summed E-state index contributed by atoms with van der Waals surface area (Å²) in [5.41, 5.74) is -4.41. The van der Waals surface area contributed by atoms with E-state index in [1.54, 1.807) is 0 Å². The van der Waals surface area contributed by atoms with Crippen LogP contribution in [-0.4, -0.2) is 14.0 Å². The molecule has 1 rings (SSSR count). The van der Waals surface area contributed by atoms with Crippen molar-refractivity contribution in [1.82, 2.24) is 0 Å². The fraction of sp³-hybridized carbons (Fsp3) is 0.455. The van der Waals surface area contributed by atoms with Crippen LogP contribution in [0.15, 0.2) is 4.90 Å². The predicted octanol–water partition coefficient (Wildman–Crippen LogP) is 3.77. The first kappa shape index (κ1) is 18.7. The van der Waals surface area contributed by atoms with E-state index in [0.29, 0.717) is 0 Å². The molecule has 0 spiro atoms. The van der Waals surface area contributed by atoms with Crippen LogP contribution in [-0.2, 0) is 20.5 Å². The molecule has 0 atom stereocenters. The van der Waals surface area contributed by atoms with Crippen LogP contribution in [0.3, 0.4) is 0 Å². The summed E-state index contributed by atoms with van der Waals surface area (Å²) in [6.45, 7) is 3.41. The first-order valence-electron chi connectivity index (χ1n) is 5.48. The van der Waals surface area contributed by atoms with Gasteiger partial charge in [-0.15, -0.1) is 0 Å². The molecule has 11 heteroatoms. The van der Waals surface area contributed by atoms with E-state index in [1.807, 2.05) is 0 Å². The van der Waals surface area contributed by atoms with E-state index in [0.717, 1.165) is 20.8 Å². The van der Waals surface area contributed by atoms with Crippen molar-refractivity contribution in [3.8, 4) is 0 Å². The molecule has 0 aliphatic heterocycles. The molecular formula is C11H9F7O3S. The Balaban J connectivity index is 3.75. The second kappa shape index (κ2) is 5.37. The molecule has 0 aromatic heterocycles. The topological polar surface area (TPSA) is 43.4 Å². The third kappa shape index (κ3) is 3.51. The van der Waals surface area contributed by atoms with Crippen molar-refractivity contribution in [1.29, 1.82) is 0 Å². The second-order valence-electron chi connectivity index (χ2n) is 5.11. The molecular weight excluding hydrogens is 345 g/mol. The molecule has 1 aromatic carbocycles. The van der Waals surface area contributed by atoms with E-state index < -0.39 is 55.6 Å². The van der Waals surface area contributed by atoms with Crippen molar-refractivity contribution in [2.45, 2.75) is 37.4 Å². The summed E-state index contributed by atoms with van der Waals surface area (Å²) in [7, 11) is -5.38. The fourth-order valence-electron chi connectivity index (χ4n) is 1.45. The van der Waals surface area contributed by atoms with Crippen molar-refractivity contribution in [2.75, 3.05) is 0 Å². The number of hydrogen-bond donors (Lipinski definition) is 0. The molecule has 0 heterocycles. The van der Waals surface area contributed by atoms with Crippen LogP contribution in [0.4, 0.5) is 30.7 Å². The molecule has 3 nitrogen and oxygen atoms in total. The van der Waals surface area contributed by atoms with E-state index in [9.17, 15) is 39.2 Å². The zero-order valence-corrected chi connectivity index (χ0v) is 12.1. The molecule has 1 aromatic rings. The third-order valence-corrected chi connectivity index (χ3v) is 3.69. The Bertz CT molecular complexity index is 673. The van der Waals surface area contributed by atoms with Gasteiger partial charge in [-0.25, -0.2) is 17.6 Å². The highest BCUT2D eigenvalue weighted by atomic mass is 32.2. The van der Waals surface area contributed by atoms with Gasteiger partial charge in [0.05, 0.1) is 5.60 Å². The number of alkyl halides is 3. The molecule has 0 amide bonds. The average Bonchev–Trinajstić information content (AvgIpc) is 2.21. The number of hydrogen-bond acceptors (Lipinski definition) is 3. The molecule has 0 fully saturated rings. The molecule has 0 bridgehead atoms. The summed E-state index contributed by atoms with van der Waals surface area (Å²) in [6, 6.07) is 0. The summed E-state index contributed by atoms with van der Waals surface area (Å²) in [5, 5.41) is 0. The summed E-state index contributed by atoms with van der Waals surface area (Å²) in [4.78, 5) is -2.26. The fourth-order valence-corrected chi connectivity index (χ4v) is 2.81. The number of halogens is 7. The van der Waals surface area contributed by atoms with Crippen molar-refractivity contribution < 1.29 is 43.3 Å². The van der Waals surface area contributed by atoms with Crippen LogP contribution in [0.25, 0.3) is 0 Å². The van der Waals surface area contributed by atoms with Crippen molar-refractivity contribution in [3.63, 3.8) is 0 Å². The SMILES string of the molecule is CC(C)(C)OS(=O)(=O)c1c(F)c(F)c(C(F)(F)F)c(F)c1F. The minimum Gasteiger partial charge on any atom is -0.260 e. The van der Waals surface area contributed by atoms with E-state index in [1.165, 1.54) is 0 Å². The lowest BCUT2D eigenvalue weighted by molar-refractivity contribution is -0.143. The van der Waals surface area contributed by atoms with Crippen LogP contribution in [0.5, 0.6) is 0 Å². The molecule has 126 valence electrons. The Labute approximate surface area is 120 Å². The van der Waals surface area contributed by atoms with E-state index in [2.05, 4.69) is 4.18 Å². The lowest BCUT2D eigenvalue weighted by Crippen LogP contribution is -2.27. The summed E-state index contributed by atoms with van der Waals surface area (Å²) >= 11 is 0. The number of benzene rings is 1. The highest BCUT2D eigenvalue weighted by Crippen LogP contribution is 2.38. The highest BCUT2D eigenvalue weighted by molar-refractivity contribution is 7.86. The molecule has 0 unspecified atom stereocenters. The minimum absolute atomic E-state index is 1.14. The van der Waals surface area contributed by atoms with E-state index in [4.69, 9.17) is 0 Å². The van der Waals surface area contributed by atoms with Gasteiger partial charge < -0.3 is 0 Å². The lowest BCUT2D eigenvalue weighted by Gasteiger charge is -2.20. The van der Waals surface area contributed by atoms with Crippen molar-refractivity contribution in [3.05, 3.63) is 28.8 Å². The Kier molecular flexibility index (Phi) is 4.56. The largest absolute Gasteiger partial charge is 0.422 e. The van der Waals surface area contributed by atoms with Gasteiger partial charge in [0.15, 0.2) is 28.2 Å². The second-order valence-corrected chi connectivity index (χ2v) is 6.59. The van der Waals surface area contributed by atoms with Crippen LogP contribution >= 0.6 is 0 Å². The molecule has 0 aliphatic rings. The molecule has 0 radical (unpaired) electrons. The molecule has 0 aliphatic carbocycles. The van der Waals surface area contributed by atoms with Crippen LogP contribution in [0, 0.1) is 23.3 Å². The normalized spacial score (nSPS) is 13.5. The maximum atomic E-state index is 13.6. The maximum absolute atomic E-state index is 13.6. The summed E-state index contributed by atoms with van der Waals surface area (Å²) in [6.07, 6.45) is -5.76. The van der Waals surface area contributed by atoms with E-state index >= 15 is 0 Å². The first-order chi connectivity index (χ1) is 9.59. The van der Waals surface area contributed by atoms with E-state index in [-0.39, 0.29) is 0 Å². The maximum Gasteiger partial charge on any atom is 0.422 e. The molecule has 0 saturated heterocycles. The van der Waals surface area contributed by atoms with Crippen LogP contribution < -0.4 is 0 Å². The van der Waals surface area contributed by atoms with Gasteiger partial charge in [0, 0.05) is 0 Å². The summed E-state index contributed by atoms with van der Waals surface area (Å²) in [5.74, 6) is -11.2. The average molecular weight is 354 g/mol. The zero-order valence-electron chi connectivity index (χ0n) is 11.3. The molecule has 22 heavy (non-hydrogen) atoms. The smallest absolute Gasteiger partial charge is 0.260 e. The van der Waals surface area contributed by atoms with Gasteiger partial charge in [0.1, 0.15) is 5.56 Å². The Morgan fingerprint density at radius 2 is 1.18 bits per heavy atom. The lowest BCUT2D eigenvalue weighted by atomic mass is 10.1. The van der Waals surface area contributed by atoms with Gasteiger partial charge in [0.25, 0.3) is 0 Å². The van der Waals surface area contributed by atoms with Crippen molar-refractivity contribution >= 4 is 10.1 Å². The molecule has 0 saturated carbocycles. The van der Waals surface area contributed by atoms with Gasteiger partial charge in [-0.2, -0.15) is 21.6 Å². The highest BCUT2D eigenvalue weighted by Gasteiger charge is 2.45. The Morgan fingerprint density at radius 1 is 0.818 bits per heavy atom. The Hall–Kier alpha value is -1.36. The quantitative estimate of drug-likeness (QED) is 0.461. The zero-order chi connectivity index (χ0) is 17.7. The van der Waals surface area contributed by atoms with Gasteiger partial charge in [-0.05, 0) is 20.8 Å².